The van der Waals surface area contributed by atoms with Gasteiger partial charge in [-0.15, -0.1) is 0 Å². The van der Waals surface area contributed by atoms with Crippen LogP contribution in [-0.2, 0) is 23.9 Å². The zero-order valence-electron chi connectivity index (χ0n) is 19.5. The molecule has 0 saturated heterocycles. The van der Waals surface area contributed by atoms with Gasteiger partial charge < -0.3 is 14.7 Å². The summed E-state index contributed by atoms with van der Waals surface area (Å²) in [5.74, 6) is 3.27. The maximum absolute atomic E-state index is 14.6. The number of aliphatic carboxylic acids is 1. The summed E-state index contributed by atoms with van der Waals surface area (Å²) in [6.07, 6.45) is -4.24. The molecule has 1 aromatic heterocycles. The predicted molar refractivity (Wildman–Crippen MR) is 133 cm³/mol. The van der Waals surface area contributed by atoms with Gasteiger partial charge in [-0.05, 0) is 47.9 Å². The minimum atomic E-state index is -4.52. The number of nitrogens with zero attached hydrogens (tertiary/aromatic N) is 2. The minimum Gasteiger partial charge on any atom is -0.497 e. The van der Waals surface area contributed by atoms with Crippen LogP contribution in [0.2, 0.25) is 0 Å². The lowest BCUT2D eigenvalue weighted by molar-refractivity contribution is -0.136. The first kappa shape index (κ1) is 26.0. The Balaban J connectivity index is 1.66. The maximum Gasteiger partial charge on any atom is 0.417 e. The molecule has 10 heteroatoms. The summed E-state index contributed by atoms with van der Waals surface area (Å²) in [6.45, 7) is 0.566. The largest absolute Gasteiger partial charge is 0.497 e. The summed E-state index contributed by atoms with van der Waals surface area (Å²) in [5.41, 5.74) is 1.22. The summed E-state index contributed by atoms with van der Waals surface area (Å²) >= 11 is 0.931. The number of hydrogen-bond donors (Lipinski definition) is 1. The van der Waals surface area contributed by atoms with E-state index in [0.717, 1.165) is 23.0 Å². The zero-order chi connectivity index (χ0) is 26.6. The lowest BCUT2D eigenvalue weighted by Gasteiger charge is -2.22. The Labute approximate surface area is 213 Å². The predicted octanol–water partition coefficient (Wildman–Crippen LogP) is 6.15. The van der Waals surface area contributed by atoms with Crippen molar-refractivity contribution >= 4 is 32.7 Å². The number of hydrogen-bond acceptors (Lipinski definition) is 5. The minimum absolute atomic E-state index is 0.0323. The van der Waals surface area contributed by atoms with Gasteiger partial charge in [0.25, 0.3) is 0 Å². The monoisotopic (exact) mass is 528 g/mol. The highest BCUT2D eigenvalue weighted by Gasteiger charge is 2.33. The van der Waals surface area contributed by atoms with E-state index in [1.807, 2.05) is 5.92 Å². The molecule has 0 aliphatic carbocycles. The van der Waals surface area contributed by atoms with Gasteiger partial charge in [0.15, 0.2) is 5.13 Å². The summed E-state index contributed by atoms with van der Waals surface area (Å²) in [5, 5.41) is 9.09. The second-order valence-electron chi connectivity index (χ2n) is 8.03. The van der Waals surface area contributed by atoms with E-state index in [-0.39, 0.29) is 29.7 Å². The SMILES string of the molecule is COc1ccc(CCN(Cc2ccc(C#CC(=O)O)cc2)c2nc3cccc(C(F)(F)F)c3s2)c(F)c1. The number of anilines is 1. The molecule has 37 heavy (non-hydrogen) atoms. The van der Waals surface area contributed by atoms with Crippen LogP contribution in [0, 0.1) is 17.7 Å². The van der Waals surface area contributed by atoms with Crippen molar-refractivity contribution in [1.29, 1.82) is 0 Å². The van der Waals surface area contributed by atoms with E-state index in [0.29, 0.717) is 22.0 Å². The summed E-state index contributed by atoms with van der Waals surface area (Å²) in [4.78, 5) is 16.9. The van der Waals surface area contributed by atoms with Crippen molar-refractivity contribution in [3.05, 3.63) is 88.7 Å². The van der Waals surface area contributed by atoms with Crippen LogP contribution in [0.15, 0.2) is 60.7 Å². The molecule has 1 heterocycles. The van der Waals surface area contributed by atoms with E-state index >= 15 is 0 Å². The van der Waals surface area contributed by atoms with Crippen LogP contribution in [-0.4, -0.2) is 29.7 Å². The topological polar surface area (TPSA) is 62.7 Å². The molecule has 3 aromatic carbocycles. The summed E-state index contributed by atoms with van der Waals surface area (Å²) < 4.78 is 60.3. The molecule has 0 aliphatic heterocycles. The Morgan fingerprint density at radius 3 is 2.54 bits per heavy atom. The van der Waals surface area contributed by atoms with E-state index in [1.54, 1.807) is 41.3 Å². The number of fused-ring (bicyclic) bond motifs is 1. The normalized spacial score (nSPS) is 11.2. The number of halogens is 4. The third-order valence-corrected chi connectivity index (χ3v) is 6.70. The van der Waals surface area contributed by atoms with Crippen molar-refractivity contribution in [3.63, 3.8) is 0 Å². The number of alkyl halides is 3. The van der Waals surface area contributed by atoms with Crippen molar-refractivity contribution in [2.45, 2.75) is 19.1 Å². The van der Waals surface area contributed by atoms with Crippen molar-refractivity contribution in [2.24, 2.45) is 0 Å². The van der Waals surface area contributed by atoms with Crippen LogP contribution in [0.4, 0.5) is 22.7 Å². The number of aromatic nitrogens is 1. The molecule has 0 spiro atoms. The van der Waals surface area contributed by atoms with Crippen LogP contribution in [0.5, 0.6) is 5.75 Å². The Morgan fingerprint density at radius 2 is 1.89 bits per heavy atom. The van der Waals surface area contributed by atoms with Gasteiger partial charge >= 0.3 is 12.1 Å². The molecule has 1 N–H and O–H groups in total. The first-order valence-electron chi connectivity index (χ1n) is 11.0. The molecule has 0 radical (unpaired) electrons. The number of carboxylic acids is 1. The lowest BCUT2D eigenvalue weighted by atomic mass is 10.1. The molecule has 0 unspecified atom stereocenters. The number of methoxy groups -OCH3 is 1. The Hall–Kier alpha value is -4.10. The van der Waals surface area contributed by atoms with Crippen molar-refractivity contribution in [3.8, 4) is 17.6 Å². The van der Waals surface area contributed by atoms with E-state index in [1.165, 1.54) is 25.3 Å². The Morgan fingerprint density at radius 1 is 1.14 bits per heavy atom. The van der Waals surface area contributed by atoms with Crippen LogP contribution in [0.3, 0.4) is 0 Å². The molecule has 0 atom stereocenters. The fourth-order valence-electron chi connectivity index (χ4n) is 3.69. The van der Waals surface area contributed by atoms with Crippen LogP contribution in [0.1, 0.15) is 22.3 Å². The molecule has 0 bridgehead atoms. The van der Waals surface area contributed by atoms with Gasteiger partial charge in [0.1, 0.15) is 11.6 Å². The summed E-state index contributed by atoms with van der Waals surface area (Å²) in [7, 11) is 1.44. The highest BCUT2D eigenvalue weighted by atomic mass is 32.1. The zero-order valence-corrected chi connectivity index (χ0v) is 20.3. The van der Waals surface area contributed by atoms with E-state index in [4.69, 9.17) is 9.84 Å². The standard InChI is InChI=1S/C27H20F4N2O3S/c1-36-20-11-10-19(22(28)15-20)13-14-33(16-18-7-5-17(6-8-18)9-12-24(34)35)26-32-23-4-2-3-21(25(23)37-26)27(29,30)31/h2-8,10-11,15H,13-14,16H2,1H3,(H,34,35). The second kappa shape index (κ2) is 10.9. The fourth-order valence-corrected chi connectivity index (χ4v) is 4.81. The first-order chi connectivity index (χ1) is 17.6. The van der Waals surface area contributed by atoms with E-state index < -0.39 is 23.5 Å². The van der Waals surface area contributed by atoms with Gasteiger partial charge in [-0.3, -0.25) is 0 Å². The molecule has 0 fully saturated rings. The van der Waals surface area contributed by atoms with Crippen molar-refractivity contribution in [1.82, 2.24) is 4.98 Å². The smallest absolute Gasteiger partial charge is 0.417 e. The molecule has 0 aliphatic rings. The molecular weight excluding hydrogens is 508 g/mol. The molecule has 5 nitrogen and oxygen atoms in total. The number of benzene rings is 3. The Kier molecular flexibility index (Phi) is 7.64. The lowest BCUT2D eigenvalue weighted by Crippen LogP contribution is -2.25. The van der Waals surface area contributed by atoms with Crippen molar-refractivity contribution in [2.75, 3.05) is 18.6 Å². The molecular formula is C27H20F4N2O3S. The molecule has 0 saturated carbocycles. The quantitative estimate of drug-likeness (QED) is 0.230. The average Bonchev–Trinajstić information content (AvgIpc) is 3.30. The third-order valence-electron chi connectivity index (χ3n) is 5.53. The molecule has 4 aromatic rings. The molecule has 0 amide bonds. The number of rotatable bonds is 7. The highest BCUT2D eigenvalue weighted by molar-refractivity contribution is 7.22. The first-order valence-corrected chi connectivity index (χ1v) is 11.8. The van der Waals surface area contributed by atoms with Gasteiger partial charge in [-0.25, -0.2) is 14.2 Å². The molecule has 190 valence electrons. The number of carbonyl (C=O) groups is 1. The van der Waals surface area contributed by atoms with Crippen molar-refractivity contribution < 1.29 is 32.2 Å². The van der Waals surface area contributed by atoms with Crippen LogP contribution < -0.4 is 9.64 Å². The number of ether oxygens (including phenoxy) is 1. The van der Waals surface area contributed by atoms with Gasteiger partial charge in [0.05, 0.1) is 22.9 Å². The van der Waals surface area contributed by atoms with Crippen LogP contribution in [0.25, 0.3) is 10.2 Å². The van der Waals surface area contributed by atoms with Crippen LogP contribution >= 0.6 is 11.3 Å². The molecule has 4 rings (SSSR count). The third kappa shape index (κ3) is 6.37. The number of carboxylic acid groups (broad SMARTS) is 1. The van der Waals surface area contributed by atoms with Gasteiger partial charge in [-0.2, -0.15) is 13.2 Å². The summed E-state index contributed by atoms with van der Waals surface area (Å²) in [6, 6.07) is 15.2. The average molecular weight is 529 g/mol. The van der Waals surface area contributed by atoms with Gasteiger partial charge in [-0.1, -0.05) is 41.5 Å². The van der Waals surface area contributed by atoms with Gasteiger partial charge in [0.2, 0.25) is 0 Å². The fraction of sp³-hybridized carbons (Fsp3) is 0.185. The Bertz CT molecular complexity index is 1490. The van der Waals surface area contributed by atoms with Gasteiger partial charge in [0, 0.05) is 30.6 Å². The maximum atomic E-state index is 14.6. The number of thiazole rings is 1. The van der Waals surface area contributed by atoms with E-state index in [9.17, 15) is 22.4 Å². The van der Waals surface area contributed by atoms with E-state index in [2.05, 4.69) is 10.9 Å². The second-order valence-corrected chi connectivity index (χ2v) is 9.01. The highest BCUT2D eigenvalue weighted by Crippen LogP contribution is 2.40.